The first-order chi connectivity index (χ1) is 7.74. The first-order valence-electron chi connectivity index (χ1n) is 6.45. The third-order valence-electron chi connectivity index (χ3n) is 3.10. The molecule has 0 aromatic carbocycles. The highest BCUT2D eigenvalue weighted by Gasteiger charge is 2.15. The molecule has 1 fully saturated rings. The quantitative estimate of drug-likeness (QED) is 0.585. The Labute approximate surface area is 105 Å². The molecule has 16 heavy (non-hydrogen) atoms. The number of unbranched alkanes of at least 4 members (excludes halogenated alkanes) is 3. The SMILES string of the molecule is CCCCCCNC(=S)N1CCN(C)CC1. The summed E-state index contributed by atoms with van der Waals surface area (Å²) in [6.45, 7) is 7.65. The Balaban J connectivity index is 2.06. The van der Waals surface area contributed by atoms with Crippen LogP contribution in [0.1, 0.15) is 32.6 Å². The maximum Gasteiger partial charge on any atom is 0.169 e. The molecule has 1 aliphatic heterocycles. The molecule has 0 aliphatic carbocycles. The second-order valence-corrected chi connectivity index (χ2v) is 4.97. The third-order valence-corrected chi connectivity index (χ3v) is 3.50. The van der Waals surface area contributed by atoms with E-state index in [1.165, 1.54) is 25.7 Å². The fraction of sp³-hybridized carbons (Fsp3) is 0.917. The molecule has 0 aromatic heterocycles. The Morgan fingerprint density at radius 1 is 1.12 bits per heavy atom. The normalized spacial score (nSPS) is 17.5. The summed E-state index contributed by atoms with van der Waals surface area (Å²) in [5.41, 5.74) is 0. The fourth-order valence-corrected chi connectivity index (χ4v) is 2.15. The van der Waals surface area contributed by atoms with E-state index < -0.39 is 0 Å². The molecule has 0 atom stereocenters. The molecule has 0 saturated carbocycles. The Hall–Kier alpha value is -0.350. The Bertz CT molecular complexity index is 200. The van der Waals surface area contributed by atoms with E-state index in [1.54, 1.807) is 0 Å². The Morgan fingerprint density at radius 2 is 1.81 bits per heavy atom. The minimum Gasteiger partial charge on any atom is -0.363 e. The van der Waals surface area contributed by atoms with Crippen molar-refractivity contribution in [3.8, 4) is 0 Å². The van der Waals surface area contributed by atoms with Crippen molar-refractivity contribution in [2.24, 2.45) is 0 Å². The Kier molecular flexibility index (Phi) is 6.73. The molecular formula is C12H25N3S. The van der Waals surface area contributed by atoms with Crippen molar-refractivity contribution in [1.82, 2.24) is 15.1 Å². The van der Waals surface area contributed by atoms with Crippen LogP contribution in [0.15, 0.2) is 0 Å². The van der Waals surface area contributed by atoms with Crippen LogP contribution in [-0.2, 0) is 0 Å². The van der Waals surface area contributed by atoms with Gasteiger partial charge in [0.25, 0.3) is 0 Å². The van der Waals surface area contributed by atoms with E-state index in [2.05, 4.69) is 29.1 Å². The van der Waals surface area contributed by atoms with E-state index in [-0.39, 0.29) is 0 Å². The minimum atomic E-state index is 0.949. The van der Waals surface area contributed by atoms with Crippen LogP contribution in [-0.4, -0.2) is 54.7 Å². The molecule has 1 saturated heterocycles. The number of hydrogen-bond donors (Lipinski definition) is 1. The van der Waals surface area contributed by atoms with Crippen LogP contribution < -0.4 is 5.32 Å². The number of hydrogen-bond acceptors (Lipinski definition) is 2. The van der Waals surface area contributed by atoms with Crippen LogP contribution in [0.5, 0.6) is 0 Å². The van der Waals surface area contributed by atoms with Gasteiger partial charge in [-0.2, -0.15) is 0 Å². The molecular weight excluding hydrogens is 218 g/mol. The van der Waals surface area contributed by atoms with Crippen molar-refractivity contribution >= 4 is 17.3 Å². The summed E-state index contributed by atoms with van der Waals surface area (Å²) in [5.74, 6) is 0. The lowest BCUT2D eigenvalue weighted by atomic mass is 10.2. The van der Waals surface area contributed by atoms with E-state index in [4.69, 9.17) is 12.2 Å². The fourth-order valence-electron chi connectivity index (χ4n) is 1.87. The zero-order valence-corrected chi connectivity index (χ0v) is 11.5. The van der Waals surface area contributed by atoms with Gasteiger partial charge in [-0.3, -0.25) is 0 Å². The number of thiocarbonyl (C=S) groups is 1. The summed E-state index contributed by atoms with van der Waals surface area (Å²) in [6, 6.07) is 0. The molecule has 1 heterocycles. The monoisotopic (exact) mass is 243 g/mol. The number of nitrogens with one attached hydrogen (secondary N) is 1. The maximum atomic E-state index is 5.39. The lowest BCUT2D eigenvalue weighted by molar-refractivity contribution is 0.214. The standard InChI is InChI=1S/C12H25N3S/c1-3-4-5-6-7-13-12(16)15-10-8-14(2)9-11-15/h3-11H2,1-2H3,(H,13,16). The van der Waals surface area contributed by atoms with Crippen molar-refractivity contribution in [3.63, 3.8) is 0 Å². The average molecular weight is 243 g/mol. The molecule has 1 rings (SSSR count). The number of piperazine rings is 1. The largest absolute Gasteiger partial charge is 0.363 e. The highest BCUT2D eigenvalue weighted by Crippen LogP contribution is 2.01. The van der Waals surface area contributed by atoms with Gasteiger partial charge in [0, 0.05) is 32.7 Å². The topological polar surface area (TPSA) is 18.5 Å². The van der Waals surface area contributed by atoms with E-state index in [0.717, 1.165) is 37.8 Å². The first-order valence-corrected chi connectivity index (χ1v) is 6.86. The first kappa shape index (κ1) is 13.7. The minimum absolute atomic E-state index is 0.949. The number of nitrogens with zero attached hydrogens (tertiary/aromatic N) is 2. The molecule has 0 spiro atoms. The molecule has 1 aliphatic rings. The zero-order chi connectivity index (χ0) is 11.8. The van der Waals surface area contributed by atoms with Gasteiger partial charge in [0.15, 0.2) is 5.11 Å². The summed E-state index contributed by atoms with van der Waals surface area (Å²) in [4.78, 5) is 4.63. The van der Waals surface area contributed by atoms with Crippen molar-refractivity contribution in [2.45, 2.75) is 32.6 Å². The van der Waals surface area contributed by atoms with Gasteiger partial charge in [-0.1, -0.05) is 26.2 Å². The van der Waals surface area contributed by atoms with Gasteiger partial charge in [0.1, 0.15) is 0 Å². The van der Waals surface area contributed by atoms with E-state index in [1.807, 2.05) is 0 Å². The van der Waals surface area contributed by atoms with Crippen LogP contribution in [0.3, 0.4) is 0 Å². The lowest BCUT2D eigenvalue weighted by Crippen LogP contribution is -2.50. The summed E-state index contributed by atoms with van der Waals surface area (Å²) in [6.07, 6.45) is 5.18. The van der Waals surface area contributed by atoms with Gasteiger partial charge in [0.2, 0.25) is 0 Å². The van der Waals surface area contributed by atoms with Crippen LogP contribution in [0.25, 0.3) is 0 Å². The van der Waals surface area contributed by atoms with Gasteiger partial charge in [-0.05, 0) is 25.7 Å². The molecule has 0 aromatic rings. The second kappa shape index (κ2) is 7.85. The van der Waals surface area contributed by atoms with Crippen molar-refractivity contribution in [1.29, 1.82) is 0 Å². The van der Waals surface area contributed by atoms with Crippen LogP contribution in [0, 0.1) is 0 Å². The third kappa shape index (κ3) is 5.12. The molecule has 0 amide bonds. The molecule has 0 radical (unpaired) electrons. The van der Waals surface area contributed by atoms with E-state index in [9.17, 15) is 0 Å². The number of likely N-dealkylation sites (N-methyl/N-ethyl adjacent to an activating group) is 1. The second-order valence-electron chi connectivity index (χ2n) is 4.58. The van der Waals surface area contributed by atoms with Gasteiger partial charge < -0.3 is 15.1 Å². The van der Waals surface area contributed by atoms with Gasteiger partial charge >= 0.3 is 0 Å². The van der Waals surface area contributed by atoms with Gasteiger partial charge in [0.05, 0.1) is 0 Å². The van der Waals surface area contributed by atoms with E-state index in [0.29, 0.717) is 0 Å². The summed E-state index contributed by atoms with van der Waals surface area (Å²) in [7, 11) is 2.17. The highest BCUT2D eigenvalue weighted by atomic mass is 32.1. The van der Waals surface area contributed by atoms with Gasteiger partial charge in [-0.15, -0.1) is 0 Å². The van der Waals surface area contributed by atoms with Crippen LogP contribution >= 0.6 is 12.2 Å². The summed E-state index contributed by atoms with van der Waals surface area (Å²) >= 11 is 5.39. The molecule has 4 heteroatoms. The van der Waals surface area contributed by atoms with Crippen molar-refractivity contribution < 1.29 is 0 Å². The zero-order valence-electron chi connectivity index (χ0n) is 10.7. The Morgan fingerprint density at radius 3 is 2.44 bits per heavy atom. The lowest BCUT2D eigenvalue weighted by Gasteiger charge is -2.34. The van der Waals surface area contributed by atoms with Crippen LogP contribution in [0.2, 0.25) is 0 Å². The molecule has 0 bridgehead atoms. The predicted molar refractivity (Wildman–Crippen MR) is 73.8 cm³/mol. The highest BCUT2D eigenvalue weighted by molar-refractivity contribution is 7.80. The molecule has 94 valence electrons. The van der Waals surface area contributed by atoms with Crippen molar-refractivity contribution in [3.05, 3.63) is 0 Å². The maximum absolute atomic E-state index is 5.39. The summed E-state index contributed by atoms with van der Waals surface area (Å²) < 4.78 is 0. The van der Waals surface area contributed by atoms with Crippen molar-refractivity contribution in [2.75, 3.05) is 39.8 Å². The predicted octanol–water partition coefficient (Wildman–Crippen LogP) is 1.69. The average Bonchev–Trinajstić information content (AvgIpc) is 2.29. The van der Waals surface area contributed by atoms with Gasteiger partial charge in [-0.25, -0.2) is 0 Å². The summed E-state index contributed by atoms with van der Waals surface area (Å²) in [5, 5.41) is 4.31. The molecule has 0 unspecified atom stereocenters. The van der Waals surface area contributed by atoms with E-state index >= 15 is 0 Å². The smallest absolute Gasteiger partial charge is 0.169 e. The van der Waals surface area contributed by atoms with Crippen LogP contribution in [0.4, 0.5) is 0 Å². The molecule has 1 N–H and O–H groups in total. The number of rotatable bonds is 5. The molecule has 3 nitrogen and oxygen atoms in total.